The van der Waals surface area contributed by atoms with E-state index < -0.39 is 0 Å². The lowest BCUT2D eigenvalue weighted by Crippen LogP contribution is -2.49. The van der Waals surface area contributed by atoms with E-state index in [1.54, 1.807) is 6.08 Å². The van der Waals surface area contributed by atoms with Gasteiger partial charge in [-0.3, -0.25) is 14.4 Å². The van der Waals surface area contributed by atoms with Crippen LogP contribution in [0.3, 0.4) is 0 Å². The van der Waals surface area contributed by atoms with Crippen molar-refractivity contribution in [1.82, 2.24) is 19.6 Å². The molecule has 0 bridgehead atoms. The Kier molecular flexibility index (Phi) is 6.33. The molecule has 2 aromatic carbocycles. The van der Waals surface area contributed by atoms with Crippen LogP contribution in [-0.4, -0.2) is 51.7 Å². The summed E-state index contributed by atoms with van der Waals surface area (Å²) in [4.78, 5) is 17.2. The zero-order chi connectivity index (χ0) is 21.8. The van der Waals surface area contributed by atoms with Crippen LogP contribution in [0, 0.1) is 13.8 Å². The Morgan fingerprint density at radius 2 is 1.45 bits per heavy atom. The van der Waals surface area contributed by atoms with Crippen molar-refractivity contribution in [2.45, 2.75) is 19.9 Å². The van der Waals surface area contributed by atoms with Crippen molar-refractivity contribution in [3.63, 3.8) is 0 Å². The Balaban J connectivity index is 1.45. The first-order chi connectivity index (χ1) is 15.0. The summed E-state index contributed by atoms with van der Waals surface area (Å²) in [6, 6.07) is 21.5. The van der Waals surface area contributed by atoms with Crippen molar-refractivity contribution in [1.29, 1.82) is 0 Å². The fourth-order valence-electron chi connectivity index (χ4n) is 4.38. The van der Waals surface area contributed by atoms with Crippen LogP contribution in [0.25, 0.3) is 6.08 Å². The van der Waals surface area contributed by atoms with E-state index in [2.05, 4.69) is 70.7 Å². The highest BCUT2D eigenvalue weighted by Crippen LogP contribution is 2.29. The summed E-state index contributed by atoms with van der Waals surface area (Å²) in [6.07, 6.45) is 3.60. The number of carbonyl (C=O) groups excluding carboxylic acids is 1. The van der Waals surface area contributed by atoms with E-state index in [4.69, 9.17) is 0 Å². The van der Waals surface area contributed by atoms with Gasteiger partial charge < -0.3 is 4.90 Å². The molecule has 0 aliphatic carbocycles. The van der Waals surface area contributed by atoms with Crippen molar-refractivity contribution in [2.75, 3.05) is 26.2 Å². The highest BCUT2D eigenvalue weighted by atomic mass is 16.2. The minimum absolute atomic E-state index is 0.0678. The van der Waals surface area contributed by atoms with Crippen molar-refractivity contribution < 1.29 is 4.79 Å². The summed E-state index contributed by atoms with van der Waals surface area (Å²) >= 11 is 0. The van der Waals surface area contributed by atoms with Crippen LogP contribution in [0.1, 0.15) is 34.1 Å². The molecule has 0 spiro atoms. The van der Waals surface area contributed by atoms with Crippen molar-refractivity contribution in [3.05, 3.63) is 94.8 Å². The topological polar surface area (TPSA) is 41.4 Å². The summed E-state index contributed by atoms with van der Waals surface area (Å²) in [7, 11) is 1.93. The average Bonchev–Trinajstić information content (AvgIpc) is 3.05. The number of hydrogen-bond acceptors (Lipinski definition) is 3. The Bertz CT molecular complexity index is 1010. The molecule has 1 aliphatic rings. The largest absolute Gasteiger partial charge is 0.337 e. The first-order valence-corrected chi connectivity index (χ1v) is 10.9. The van der Waals surface area contributed by atoms with Crippen molar-refractivity contribution >= 4 is 12.0 Å². The van der Waals surface area contributed by atoms with Gasteiger partial charge in [0, 0.05) is 50.6 Å². The monoisotopic (exact) mass is 414 g/mol. The van der Waals surface area contributed by atoms with E-state index in [1.807, 2.05) is 36.6 Å². The molecular formula is C26H30N4O. The first kappa shape index (κ1) is 21.1. The van der Waals surface area contributed by atoms with Crippen LogP contribution in [-0.2, 0) is 11.8 Å². The van der Waals surface area contributed by atoms with Gasteiger partial charge in [-0.2, -0.15) is 5.10 Å². The van der Waals surface area contributed by atoms with Gasteiger partial charge in [-0.25, -0.2) is 0 Å². The highest BCUT2D eigenvalue weighted by Gasteiger charge is 2.27. The van der Waals surface area contributed by atoms with Crippen molar-refractivity contribution in [3.8, 4) is 0 Å². The number of nitrogens with zero attached hydrogens (tertiary/aromatic N) is 4. The van der Waals surface area contributed by atoms with Crippen LogP contribution in [0.5, 0.6) is 0 Å². The Labute approximate surface area is 184 Å². The summed E-state index contributed by atoms with van der Waals surface area (Å²) < 4.78 is 1.85. The maximum absolute atomic E-state index is 12.8. The molecule has 160 valence electrons. The molecule has 0 unspecified atom stereocenters. The molecule has 2 heterocycles. The fourth-order valence-corrected chi connectivity index (χ4v) is 4.38. The lowest BCUT2D eigenvalue weighted by Gasteiger charge is -2.39. The van der Waals surface area contributed by atoms with Gasteiger partial charge >= 0.3 is 0 Å². The molecule has 31 heavy (non-hydrogen) atoms. The molecule has 1 amide bonds. The second-order valence-electron chi connectivity index (χ2n) is 8.13. The van der Waals surface area contributed by atoms with Gasteiger partial charge in [0.1, 0.15) is 0 Å². The Morgan fingerprint density at radius 3 is 1.94 bits per heavy atom. The summed E-state index contributed by atoms with van der Waals surface area (Å²) in [5.74, 6) is 0.0678. The number of carbonyl (C=O) groups is 1. The number of piperazine rings is 1. The SMILES string of the molecule is Cc1nn(C)c(C)c1/C=C/C(=O)N1CCN(C(c2ccccc2)c2ccccc2)CC1. The number of aromatic nitrogens is 2. The second kappa shape index (κ2) is 9.31. The maximum atomic E-state index is 12.8. The molecule has 0 radical (unpaired) electrons. The lowest BCUT2D eigenvalue weighted by molar-refractivity contribution is -0.127. The molecule has 0 atom stereocenters. The zero-order valence-corrected chi connectivity index (χ0v) is 18.5. The molecule has 1 saturated heterocycles. The molecule has 0 N–H and O–H groups in total. The normalized spacial score (nSPS) is 15.2. The van der Waals surface area contributed by atoms with Gasteiger partial charge in [-0.15, -0.1) is 0 Å². The van der Waals surface area contributed by atoms with E-state index in [9.17, 15) is 4.79 Å². The lowest BCUT2D eigenvalue weighted by atomic mass is 9.96. The maximum Gasteiger partial charge on any atom is 0.246 e. The third kappa shape index (κ3) is 4.62. The predicted octanol–water partition coefficient (Wildman–Crippen LogP) is 3.98. The molecule has 4 rings (SSSR count). The number of hydrogen-bond donors (Lipinski definition) is 0. The van der Waals surface area contributed by atoms with Gasteiger partial charge in [0.15, 0.2) is 0 Å². The first-order valence-electron chi connectivity index (χ1n) is 10.9. The van der Waals surface area contributed by atoms with Gasteiger partial charge in [0.25, 0.3) is 0 Å². The van der Waals surface area contributed by atoms with Crippen LogP contribution in [0.15, 0.2) is 66.7 Å². The van der Waals surface area contributed by atoms with Crippen molar-refractivity contribution in [2.24, 2.45) is 7.05 Å². The number of benzene rings is 2. The number of amides is 1. The molecule has 3 aromatic rings. The summed E-state index contributed by atoms with van der Waals surface area (Å²) in [5.41, 5.74) is 5.62. The molecule has 5 nitrogen and oxygen atoms in total. The van der Waals surface area contributed by atoms with E-state index >= 15 is 0 Å². The van der Waals surface area contributed by atoms with Gasteiger partial charge in [-0.05, 0) is 31.1 Å². The average molecular weight is 415 g/mol. The Hall–Kier alpha value is -3.18. The zero-order valence-electron chi connectivity index (χ0n) is 18.5. The molecule has 1 aliphatic heterocycles. The predicted molar refractivity (Wildman–Crippen MR) is 125 cm³/mol. The second-order valence-corrected chi connectivity index (χ2v) is 8.13. The van der Waals surface area contributed by atoms with Gasteiger partial charge in [-0.1, -0.05) is 60.7 Å². The quantitative estimate of drug-likeness (QED) is 0.593. The van der Waals surface area contributed by atoms with Gasteiger partial charge in [0.05, 0.1) is 11.7 Å². The van der Waals surface area contributed by atoms with Crippen LogP contribution >= 0.6 is 0 Å². The summed E-state index contributed by atoms with van der Waals surface area (Å²) in [6.45, 7) is 7.14. The van der Waals surface area contributed by atoms with Crippen LogP contribution < -0.4 is 0 Å². The van der Waals surface area contributed by atoms with E-state index in [1.165, 1.54) is 11.1 Å². The smallest absolute Gasteiger partial charge is 0.246 e. The number of rotatable bonds is 5. The minimum atomic E-state index is 0.0678. The Morgan fingerprint density at radius 1 is 0.903 bits per heavy atom. The molecule has 0 saturated carbocycles. The molecule has 1 aromatic heterocycles. The van der Waals surface area contributed by atoms with E-state index in [0.29, 0.717) is 0 Å². The van der Waals surface area contributed by atoms with Crippen LogP contribution in [0.4, 0.5) is 0 Å². The highest BCUT2D eigenvalue weighted by molar-refractivity contribution is 5.92. The molecule has 5 heteroatoms. The standard InChI is InChI=1S/C26H30N4O/c1-20-24(21(2)28(3)27-20)14-15-25(31)29-16-18-30(19-17-29)26(22-10-6-4-7-11-22)23-12-8-5-9-13-23/h4-15,26H,16-19H2,1-3H3/b15-14+. The summed E-state index contributed by atoms with van der Waals surface area (Å²) in [5, 5.41) is 4.42. The number of aryl methyl sites for hydroxylation is 2. The van der Waals surface area contributed by atoms with Crippen LogP contribution in [0.2, 0.25) is 0 Å². The third-order valence-electron chi connectivity index (χ3n) is 6.18. The van der Waals surface area contributed by atoms with E-state index in [0.717, 1.165) is 43.1 Å². The molecule has 1 fully saturated rings. The fraction of sp³-hybridized carbons (Fsp3) is 0.308. The third-order valence-corrected chi connectivity index (χ3v) is 6.18. The molecular weight excluding hydrogens is 384 g/mol. The van der Waals surface area contributed by atoms with E-state index in [-0.39, 0.29) is 11.9 Å². The minimum Gasteiger partial charge on any atom is -0.337 e. The van der Waals surface area contributed by atoms with Gasteiger partial charge in [0.2, 0.25) is 5.91 Å².